The lowest BCUT2D eigenvalue weighted by Gasteiger charge is -2.14. The fourth-order valence-electron chi connectivity index (χ4n) is 3.04. The van der Waals surface area contributed by atoms with Crippen molar-refractivity contribution in [3.05, 3.63) is 75.9 Å². The van der Waals surface area contributed by atoms with Crippen LogP contribution in [0.25, 0.3) is 6.08 Å². The third-order valence-corrected chi connectivity index (χ3v) is 4.86. The number of hydrogen-bond acceptors (Lipinski definition) is 1. The average Bonchev–Trinajstić information content (AvgIpc) is 2.73. The maximum Gasteiger partial charge on any atom is 0.0651 e. The Kier molecular flexibility index (Phi) is 6.18. The molecule has 1 aliphatic rings. The Bertz CT molecular complexity index is 632. The van der Waals surface area contributed by atoms with Crippen LogP contribution in [0.5, 0.6) is 0 Å². The van der Waals surface area contributed by atoms with Gasteiger partial charge in [-0.3, -0.25) is 0 Å². The molecule has 122 valence electrons. The van der Waals surface area contributed by atoms with E-state index >= 15 is 0 Å². The third-order valence-electron chi connectivity index (χ3n) is 4.86. The molecule has 0 heterocycles. The molecule has 0 saturated heterocycles. The fraction of sp³-hybridized carbons (Fsp3) is 0.364. The van der Waals surface area contributed by atoms with E-state index < -0.39 is 0 Å². The van der Waals surface area contributed by atoms with E-state index in [9.17, 15) is 0 Å². The molecule has 0 unspecified atom stereocenters. The molecule has 1 nitrogen and oxygen atoms in total. The van der Waals surface area contributed by atoms with E-state index in [1.165, 1.54) is 33.4 Å². The third kappa shape index (κ3) is 4.56. The number of ether oxygens (including phenoxy) is 1. The molecule has 2 rings (SSSR count). The molecule has 1 aromatic rings. The van der Waals surface area contributed by atoms with Crippen molar-refractivity contribution in [2.24, 2.45) is 5.92 Å². The highest BCUT2D eigenvalue weighted by atomic mass is 16.5. The number of hydrogen-bond donors (Lipinski definition) is 0. The van der Waals surface area contributed by atoms with Gasteiger partial charge in [0.1, 0.15) is 0 Å². The van der Waals surface area contributed by atoms with Gasteiger partial charge >= 0.3 is 0 Å². The van der Waals surface area contributed by atoms with Crippen LogP contribution in [0.1, 0.15) is 40.2 Å². The summed E-state index contributed by atoms with van der Waals surface area (Å²) in [6, 6.07) is 10.4. The van der Waals surface area contributed by atoms with Crippen LogP contribution in [0.4, 0.5) is 0 Å². The summed E-state index contributed by atoms with van der Waals surface area (Å²) in [5.74, 6) is 0.462. The van der Waals surface area contributed by atoms with E-state index in [0.29, 0.717) is 12.5 Å². The Hall–Kier alpha value is -1.86. The molecular formula is C22H28O. The van der Waals surface area contributed by atoms with Crippen molar-refractivity contribution in [3.63, 3.8) is 0 Å². The zero-order valence-electron chi connectivity index (χ0n) is 15.0. The summed E-state index contributed by atoms with van der Waals surface area (Å²) in [5.41, 5.74) is 8.27. The monoisotopic (exact) mass is 308 g/mol. The van der Waals surface area contributed by atoms with Crippen LogP contribution < -0.4 is 0 Å². The maximum absolute atomic E-state index is 5.87. The van der Waals surface area contributed by atoms with Crippen LogP contribution in [-0.4, -0.2) is 13.2 Å². The SMILES string of the molecule is CC1=C(C)C(COC/C=C/C(C)=C/c2ccccc2)C(C)=C1C. The Morgan fingerprint density at radius 1 is 1.00 bits per heavy atom. The zero-order chi connectivity index (χ0) is 16.8. The van der Waals surface area contributed by atoms with E-state index in [2.05, 4.69) is 77.1 Å². The quantitative estimate of drug-likeness (QED) is 0.465. The van der Waals surface area contributed by atoms with Crippen molar-refractivity contribution >= 4 is 6.08 Å². The van der Waals surface area contributed by atoms with Gasteiger partial charge in [0.25, 0.3) is 0 Å². The normalized spacial score (nSPS) is 17.0. The highest BCUT2D eigenvalue weighted by Gasteiger charge is 2.23. The topological polar surface area (TPSA) is 9.23 Å². The Morgan fingerprint density at radius 3 is 2.22 bits per heavy atom. The van der Waals surface area contributed by atoms with Crippen LogP contribution in [0.3, 0.4) is 0 Å². The van der Waals surface area contributed by atoms with Crippen molar-refractivity contribution in [2.75, 3.05) is 13.2 Å². The van der Waals surface area contributed by atoms with E-state index in [0.717, 1.165) is 6.61 Å². The van der Waals surface area contributed by atoms with Crippen LogP contribution >= 0.6 is 0 Å². The molecule has 0 radical (unpaired) electrons. The fourth-order valence-corrected chi connectivity index (χ4v) is 3.04. The summed E-state index contributed by atoms with van der Waals surface area (Å²) in [6.45, 7) is 12.4. The van der Waals surface area contributed by atoms with Gasteiger partial charge in [0.2, 0.25) is 0 Å². The van der Waals surface area contributed by atoms with Gasteiger partial charge in [-0.25, -0.2) is 0 Å². The number of allylic oxidation sites excluding steroid dienone is 4. The molecule has 0 spiro atoms. The Labute approximate surface area is 141 Å². The van der Waals surface area contributed by atoms with E-state index in [1.54, 1.807) is 0 Å². The second-order valence-electron chi connectivity index (χ2n) is 6.41. The average molecular weight is 308 g/mol. The molecule has 0 fully saturated rings. The second kappa shape index (κ2) is 8.12. The predicted octanol–water partition coefficient (Wildman–Crippen LogP) is 5.97. The standard InChI is InChI=1S/C22H28O/c1-16(14-21-11-7-6-8-12-21)10-9-13-23-15-22-19(4)17(2)18(3)20(22)5/h6-12,14,22H,13,15H2,1-5H3/b10-9+,16-14+. The zero-order valence-corrected chi connectivity index (χ0v) is 15.0. The molecule has 1 heteroatoms. The van der Waals surface area contributed by atoms with Crippen molar-refractivity contribution < 1.29 is 4.74 Å². The summed E-state index contributed by atoms with van der Waals surface area (Å²) < 4.78 is 5.87. The van der Waals surface area contributed by atoms with Gasteiger partial charge in [-0.2, -0.15) is 0 Å². The lowest BCUT2D eigenvalue weighted by atomic mass is 9.98. The summed E-state index contributed by atoms with van der Waals surface area (Å²) >= 11 is 0. The first-order chi connectivity index (χ1) is 11.0. The van der Waals surface area contributed by atoms with Gasteiger partial charge in [0.05, 0.1) is 13.2 Å². The number of benzene rings is 1. The minimum absolute atomic E-state index is 0.462. The first-order valence-electron chi connectivity index (χ1n) is 8.33. The van der Waals surface area contributed by atoms with Crippen LogP contribution in [0.15, 0.2) is 70.3 Å². The smallest absolute Gasteiger partial charge is 0.0651 e. The number of rotatable bonds is 6. The van der Waals surface area contributed by atoms with Gasteiger partial charge in [-0.05, 0) is 51.3 Å². The van der Waals surface area contributed by atoms with Crippen LogP contribution in [-0.2, 0) is 4.74 Å². The van der Waals surface area contributed by atoms with Gasteiger partial charge in [-0.1, -0.05) is 65.3 Å². The first-order valence-corrected chi connectivity index (χ1v) is 8.33. The molecule has 0 aromatic heterocycles. The van der Waals surface area contributed by atoms with Gasteiger partial charge in [0.15, 0.2) is 0 Å². The predicted molar refractivity (Wildman–Crippen MR) is 100 cm³/mol. The molecular weight excluding hydrogens is 280 g/mol. The summed E-state index contributed by atoms with van der Waals surface area (Å²) in [5, 5.41) is 0. The molecule has 0 bridgehead atoms. The second-order valence-corrected chi connectivity index (χ2v) is 6.41. The molecule has 1 aromatic carbocycles. The highest BCUT2D eigenvalue weighted by Crippen LogP contribution is 2.36. The lowest BCUT2D eigenvalue weighted by molar-refractivity contribution is 0.144. The largest absolute Gasteiger partial charge is 0.376 e. The van der Waals surface area contributed by atoms with E-state index in [4.69, 9.17) is 4.74 Å². The van der Waals surface area contributed by atoms with E-state index in [-0.39, 0.29) is 0 Å². The minimum Gasteiger partial charge on any atom is -0.376 e. The van der Waals surface area contributed by atoms with Crippen molar-refractivity contribution in [1.82, 2.24) is 0 Å². The molecule has 0 N–H and O–H groups in total. The van der Waals surface area contributed by atoms with Crippen LogP contribution in [0.2, 0.25) is 0 Å². The van der Waals surface area contributed by atoms with Crippen molar-refractivity contribution in [2.45, 2.75) is 34.6 Å². The Balaban J connectivity index is 1.81. The van der Waals surface area contributed by atoms with Gasteiger partial charge in [-0.15, -0.1) is 0 Å². The van der Waals surface area contributed by atoms with Crippen LogP contribution in [0, 0.1) is 5.92 Å². The maximum atomic E-state index is 5.87. The van der Waals surface area contributed by atoms with Gasteiger partial charge in [0, 0.05) is 5.92 Å². The molecule has 0 amide bonds. The summed E-state index contributed by atoms with van der Waals surface area (Å²) in [7, 11) is 0. The summed E-state index contributed by atoms with van der Waals surface area (Å²) in [6.07, 6.45) is 6.41. The first kappa shape index (κ1) is 17.5. The van der Waals surface area contributed by atoms with E-state index in [1.807, 2.05) is 6.07 Å². The van der Waals surface area contributed by atoms with Gasteiger partial charge < -0.3 is 4.74 Å². The molecule has 1 aliphatic carbocycles. The molecule has 0 saturated carbocycles. The van der Waals surface area contributed by atoms with Crippen molar-refractivity contribution in [3.8, 4) is 0 Å². The lowest BCUT2D eigenvalue weighted by Crippen LogP contribution is -2.10. The molecule has 23 heavy (non-hydrogen) atoms. The summed E-state index contributed by atoms with van der Waals surface area (Å²) in [4.78, 5) is 0. The Morgan fingerprint density at radius 2 is 1.61 bits per heavy atom. The highest BCUT2D eigenvalue weighted by molar-refractivity contribution is 5.54. The molecule has 0 atom stereocenters. The molecule has 0 aliphatic heterocycles. The van der Waals surface area contributed by atoms with Crippen molar-refractivity contribution in [1.29, 1.82) is 0 Å². The minimum atomic E-state index is 0.462.